The highest BCUT2D eigenvalue weighted by molar-refractivity contribution is 6.31. The van der Waals surface area contributed by atoms with E-state index in [0.29, 0.717) is 5.82 Å². The third kappa shape index (κ3) is 3.85. The van der Waals surface area contributed by atoms with Crippen LogP contribution < -0.4 is 16.1 Å². The molecule has 1 unspecified atom stereocenters. The third-order valence-electron chi connectivity index (χ3n) is 3.93. The van der Waals surface area contributed by atoms with Crippen LogP contribution in [0.2, 0.25) is 5.02 Å². The van der Waals surface area contributed by atoms with E-state index in [0.717, 1.165) is 17.7 Å². The molecule has 2 aliphatic rings. The molecular weight excluding hydrogens is 387 g/mol. The Morgan fingerprint density at radius 2 is 2.07 bits per heavy atom. The fourth-order valence-corrected chi connectivity index (χ4v) is 2.81. The highest BCUT2D eigenvalue weighted by Crippen LogP contribution is 2.36. The Bertz CT molecular complexity index is 877. The Hall–Kier alpha value is -2.75. The molecule has 0 aromatic heterocycles. The average Bonchev–Trinajstić information content (AvgIpc) is 2.98. The first-order valence-electron chi connectivity index (χ1n) is 7.86. The minimum atomic E-state index is -4.66. The van der Waals surface area contributed by atoms with Crippen molar-refractivity contribution in [2.24, 2.45) is 4.99 Å². The van der Waals surface area contributed by atoms with Gasteiger partial charge in [-0.2, -0.15) is 18.2 Å². The Kier molecular flexibility index (Phi) is 4.77. The highest BCUT2D eigenvalue weighted by atomic mass is 35.5. The van der Waals surface area contributed by atoms with Crippen molar-refractivity contribution in [3.8, 4) is 0 Å². The molecule has 3 rings (SSSR count). The van der Waals surface area contributed by atoms with E-state index < -0.39 is 34.6 Å². The first kappa shape index (κ1) is 19.0. The van der Waals surface area contributed by atoms with Gasteiger partial charge in [0.1, 0.15) is 11.9 Å². The number of rotatable bonds is 2. The lowest BCUT2D eigenvalue weighted by Crippen LogP contribution is -2.61. The van der Waals surface area contributed by atoms with Gasteiger partial charge in [0.2, 0.25) is 17.8 Å². The molecule has 144 valence electrons. The predicted molar refractivity (Wildman–Crippen MR) is 92.4 cm³/mol. The molecule has 1 saturated heterocycles. The summed E-state index contributed by atoms with van der Waals surface area (Å²) in [6, 6.07) is 2.07. The molecule has 3 N–H and O–H groups in total. The highest BCUT2D eigenvalue weighted by Gasteiger charge is 2.40. The molecule has 2 heterocycles. The van der Waals surface area contributed by atoms with Gasteiger partial charge in [0.25, 0.3) is 0 Å². The molecular formula is C16H15ClF3N5O2. The summed E-state index contributed by atoms with van der Waals surface area (Å²) in [7, 11) is 0. The number of nitrogens with one attached hydrogen (secondary N) is 3. The molecule has 1 atom stereocenters. The molecule has 1 aromatic carbocycles. The molecule has 0 saturated carbocycles. The number of fused-ring (bicyclic) bond motifs is 1. The number of hydrogen-bond acceptors (Lipinski definition) is 5. The summed E-state index contributed by atoms with van der Waals surface area (Å²) >= 11 is 5.58. The molecule has 0 radical (unpaired) electrons. The molecule has 7 nitrogen and oxygen atoms in total. The van der Waals surface area contributed by atoms with E-state index in [1.807, 2.05) is 0 Å². The quantitative estimate of drug-likeness (QED) is 0.711. The molecule has 11 heteroatoms. The lowest BCUT2D eigenvalue weighted by atomic mass is 10.1. The Balaban J connectivity index is 1.83. The summed E-state index contributed by atoms with van der Waals surface area (Å²) < 4.78 is 38.9. The number of alkyl halides is 3. The average molecular weight is 402 g/mol. The van der Waals surface area contributed by atoms with Crippen molar-refractivity contribution in [2.75, 3.05) is 5.32 Å². The maximum Gasteiger partial charge on any atom is 0.417 e. The first-order chi connectivity index (χ1) is 12.6. The molecule has 2 aliphatic heterocycles. The van der Waals surface area contributed by atoms with Gasteiger partial charge in [0, 0.05) is 5.69 Å². The van der Waals surface area contributed by atoms with E-state index in [-0.39, 0.29) is 18.1 Å². The minimum absolute atomic E-state index is 0.0807. The molecule has 1 aromatic rings. The number of hydrogen-bond donors (Lipinski definition) is 3. The van der Waals surface area contributed by atoms with Gasteiger partial charge in [0.15, 0.2) is 0 Å². The second-order valence-corrected chi connectivity index (χ2v) is 6.62. The fraction of sp³-hybridized carbons (Fsp3) is 0.312. The van der Waals surface area contributed by atoms with Crippen LogP contribution in [0.5, 0.6) is 0 Å². The van der Waals surface area contributed by atoms with Crippen molar-refractivity contribution in [3.63, 3.8) is 0 Å². The Labute approximate surface area is 157 Å². The smallest absolute Gasteiger partial charge is 0.324 e. The zero-order valence-electron chi connectivity index (χ0n) is 14.2. The van der Waals surface area contributed by atoms with Crippen LogP contribution in [0.4, 0.5) is 18.9 Å². The van der Waals surface area contributed by atoms with Gasteiger partial charge in [-0.05, 0) is 37.6 Å². The first-order valence-corrected chi connectivity index (χ1v) is 8.23. The number of nitrogens with zero attached hydrogens (tertiary/aromatic N) is 2. The summed E-state index contributed by atoms with van der Waals surface area (Å²) in [5.41, 5.74) is 2.60. The second-order valence-electron chi connectivity index (χ2n) is 6.22. The summed E-state index contributed by atoms with van der Waals surface area (Å²) in [4.78, 5) is 28.7. The topological polar surface area (TPSA) is 85.8 Å². The van der Waals surface area contributed by atoms with Gasteiger partial charge in [-0.25, -0.2) is 5.01 Å². The monoisotopic (exact) mass is 401 g/mol. The van der Waals surface area contributed by atoms with Crippen LogP contribution in [0.3, 0.4) is 0 Å². The van der Waals surface area contributed by atoms with E-state index in [9.17, 15) is 22.8 Å². The standard InChI is InChI=1S/C16H15ClF3N5O2/c1-7(2)13-23-15-22-12(26)6-11(25(15)24-13)14(27)21-8-3-4-10(17)9(5-8)16(18,19)20/h3-5,11,24H,6H2,1-2H3,(H,21,27)(H,22,23,26). The number of amides is 2. The van der Waals surface area contributed by atoms with Gasteiger partial charge in [0.05, 0.1) is 17.0 Å². The number of allylic oxidation sites excluding steroid dienone is 1. The van der Waals surface area contributed by atoms with Crippen molar-refractivity contribution >= 4 is 35.1 Å². The van der Waals surface area contributed by atoms with E-state index in [2.05, 4.69) is 21.1 Å². The van der Waals surface area contributed by atoms with Gasteiger partial charge in [-0.1, -0.05) is 11.6 Å². The number of anilines is 1. The van der Waals surface area contributed by atoms with Crippen molar-refractivity contribution < 1.29 is 22.8 Å². The third-order valence-corrected chi connectivity index (χ3v) is 4.26. The number of guanidine groups is 1. The number of carbonyl (C=O) groups excluding carboxylic acids is 2. The molecule has 1 fully saturated rings. The van der Waals surface area contributed by atoms with Crippen LogP contribution in [0, 0.1) is 0 Å². The van der Waals surface area contributed by atoms with Crippen molar-refractivity contribution in [1.82, 2.24) is 15.8 Å². The molecule has 27 heavy (non-hydrogen) atoms. The lowest BCUT2D eigenvalue weighted by Gasteiger charge is -2.32. The number of carbonyl (C=O) groups is 2. The zero-order valence-corrected chi connectivity index (χ0v) is 15.0. The van der Waals surface area contributed by atoms with Crippen molar-refractivity contribution in [1.29, 1.82) is 0 Å². The summed E-state index contributed by atoms with van der Waals surface area (Å²) in [6.45, 7) is 3.60. The number of benzene rings is 1. The van der Waals surface area contributed by atoms with Crippen molar-refractivity contribution in [2.45, 2.75) is 32.5 Å². The van der Waals surface area contributed by atoms with Gasteiger partial charge >= 0.3 is 6.18 Å². The van der Waals surface area contributed by atoms with Crippen LogP contribution in [0.1, 0.15) is 25.8 Å². The largest absolute Gasteiger partial charge is 0.417 e. The van der Waals surface area contributed by atoms with Gasteiger partial charge in [-0.15, -0.1) is 0 Å². The van der Waals surface area contributed by atoms with E-state index in [1.54, 1.807) is 13.8 Å². The summed E-state index contributed by atoms with van der Waals surface area (Å²) in [5.74, 6) is -0.435. The van der Waals surface area contributed by atoms with Crippen LogP contribution in [0.15, 0.2) is 34.6 Å². The Morgan fingerprint density at radius 3 is 2.70 bits per heavy atom. The fourth-order valence-electron chi connectivity index (χ4n) is 2.59. The van der Waals surface area contributed by atoms with Crippen LogP contribution in [-0.4, -0.2) is 28.8 Å². The number of halogens is 4. The lowest BCUT2D eigenvalue weighted by molar-refractivity contribution is -0.137. The number of aliphatic imine (C=N–C) groups is 1. The molecule has 0 spiro atoms. The summed E-state index contributed by atoms with van der Waals surface area (Å²) in [6.07, 6.45) is -4.84. The van der Waals surface area contributed by atoms with E-state index in [1.165, 1.54) is 11.1 Å². The SMILES string of the molecule is CC(C)=C1N=C2NC(=O)CC(C(=O)Nc3ccc(Cl)c(C(F)(F)F)c3)N2N1. The maximum atomic E-state index is 13.0. The van der Waals surface area contributed by atoms with Crippen molar-refractivity contribution in [3.05, 3.63) is 40.2 Å². The molecule has 0 aliphatic carbocycles. The second kappa shape index (κ2) is 6.76. The molecule has 2 amide bonds. The van der Waals surface area contributed by atoms with Gasteiger partial charge in [-0.3, -0.25) is 20.3 Å². The van der Waals surface area contributed by atoms with E-state index in [4.69, 9.17) is 11.6 Å². The van der Waals surface area contributed by atoms with Crippen LogP contribution in [0.25, 0.3) is 0 Å². The number of hydrazine groups is 1. The summed E-state index contributed by atoms with van der Waals surface area (Å²) in [5, 5.41) is 5.84. The van der Waals surface area contributed by atoms with Gasteiger partial charge < -0.3 is 5.32 Å². The van der Waals surface area contributed by atoms with Crippen LogP contribution in [-0.2, 0) is 15.8 Å². The zero-order chi connectivity index (χ0) is 19.9. The minimum Gasteiger partial charge on any atom is -0.324 e. The van der Waals surface area contributed by atoms with E-state index >= 15 is 0 Å². The molecule has 0 bridgehead atoms. The maximum absolute atomic E-state index is 13.0. The van der Waals surface area contributed by atoms with Crippen LogP contribution >= 0.6 is 11.6 Å². The predicted octanol–water partition coefficient (Wildman–Crippen LogP) is 2.61. The Morgan fingerprint density at radius 1 is 1.37 bits per heavy atom. The normalized spacial score (nSPS) is 19.1.